The van der Waals surface area contributed by atoms with E-state index < -0.39 is 14.3 Å². The average Bonchev–Trinajstić information content (AvgIpc) is 1.96. The van der Waals surface area contributed by atoms with Crippen LogP contribution >= 0.6 is 0 Å². The summed E-state index contributed by atoms with van der Waals surface area (Å²) >= 11 is 0. The van der Waals surface area contributed by atoms with Gasteiger partial charge in [0.25, 0.3) is 0 Å². The summed E-state index contributed by atoms with van der Waals surface area (Å²) in [6.07, 6.45) is 0. The normalized spacial score (nSPS) is 11.3. The summed E-state index contributed by atoms with van der Waals surface area (Å²) in [5, 5.41) is 9.17. The van der Waals surface area contributed by atoms with Gasteiger partial charge in [-0.15, -0.1) is 0 Å². The minimum atomic E-state index is -1.78. The molecule has 16 heavy (non-hydrogen) atoms. The predicted molar refractivity (Wildman–Crippen MR) is 66.8 cm³/mol. The van der Waals surface area contributed by atoms with Crippen LogP contribution < -0.4 is 4.43 Å². The van der Waals surface area contributed by atoms with Gasteiger partial charge in [-0.1, -0.05) is 6.07 Å². The first-order chi connectivity index (χ1) is 7.20. The fraction of sp³-hybridized carbons (Fsp3) is 0.417. The van der Waals surface area contributed by atoms with E-state index in [9.17, 15) is 4.79 Å². The third-order valence-electron chi connectivity index (χ3n) is 2.07. The first-order valence-corrected chi connectivity index (χ1v) is 8.65. The van der Waals surface area contributed by atoms with Gasteiger partial charge in [0.05, 0.1) is 0 Å². The maximum atomic E-state index is 11.2. The first-order valence-electron chi connectivity index (χ1n) is 5.24. The van der Waals surface area contributed by atoms with Gasteiger partial charge in [-0.3, -0.25) is 0 Å². The lowest BCUT2D eigenvalue weighted by atomic mass is 10.0. The van der Waals surface area contributed by atoms with E-state index in [4.69, 9.17) is 9.53 Å². The van der Waals surface area contributed by atoms with Crippen LogP contribution in [0.15, 0.2) is 12.1 Å². The van der Waals surface area contributed by atoms with E-state index in [-0.39, 0.29) is 5.56 Å². The molecule has 1 N–H and O–H groups in total. The molecule has 0 saturated heterocycles. The Kier molecular flexibility index (Phi) is 3.43. The molecule has 0 saturated carbocycles. The van der Waals surface area contributed by atoms with Gasteiger partial charge in [0.2, 0.25) is 8.32 Å². The summed E-state index contributed by atoms with van der Waals surface area (Å²) in [5.41, 5.74) is 2.06. The number of aryl methyl sites for hydroxylation is 2. The fourth-order valence-electron chi connectivity index (χ4n) is 1.61. The van der Waals surface area contributed by atoms with Crippen LogP contribution in [0.2, 0.25) is 19.6 Å². The largest absolute Gasteiger partial charge is 0.544 e. The summed E-state index contributed by atoms with van der Waals surface area (Å²) in [7, 11) is -1.78. The van der Waals surface area contributed by atoms with Crippen LogP contribution in [0, 0.1) is 13.8 Å². The Bertz CT molecular complexity index is 419. The standard InChI is InChI=1S/C12H18O3Si/c1-8-6-9(2)11(12(13)14)10(7-8)15-16(3,4)5/h6-7H,1-5H3,(H,13,14). The van der Waals surface area contributed by atoms with Crippen molar-refractivity contribution in [3.8, 4) is 5.75 Å². The van der Waals surface area contributed by atoms with Crippen molar-refractivity contribution in [3.05, 3.63) is 28.8 Å². The van der Waals surface area contributed by atoms with Gasteiger partial charge in [-0.05, 0) is 50.7 Å². The van der Waals surface area contributed by atoms with Gasteiger partial charge >= 0.3 is 5.97 Å². The lowest BCUT2D eigenvalue weighted by Gasteiger charge is -2.21. The van der Waals surface area contributed by atoms with Crippen molar-refractivity contribution in [2.24, 2.45) is 0 Å². The summed E-state index contributed by atoms with van der Waals surface area (Å²) in [6, 6.07) is 3.66. The molecule has 1 aromatic carbocycles. The lowest BCUT2D eigenvalue weighted by Crippen LogP contribution is -2.30. The SMILES string of the molecule is Cc1cc(C)c(C(=O)O)c(O[Si](C)(C)C)c1. The van der Waals surface area contributed by atoms with Crippen LogP contribution in [0.4, 0.5) is 0 Å². The summed E-state index contributed by atoms with van der Waals surface area (Å²) < 4.78 is 5.81. The molecule has 0 aromatic heterocycles. The zero-order chi connectivity index (χ0) is 12.5. The van der Waals surface area contributed by atoms with Crippen LogP contribution in [-0.2, 0) is 0 Å². The Balaban J connectivity index is 3.30. The maximum Gasteiger partial charge on any atom is 0.339 e. The molecular formula is C12H18O3Si. The van der Waals surface area contributed by atoms with Gasteiger partial charge in [0.1, 0.15) is 11.3 Å². The van der Waals surface area contributed by atoms with Gasteiger partial charge < -0.3 is 9.53 Å². The molecule has 1 rings (SSSR count). The smallest absolute Gasteiger partial charge is 0.339 e. The Morgan fingerprint density at radius 3 is 2.25 bits per heavy atom. The molecule has 88 valence electrons. The molecule has 0 bridgehead atoms. The topological polar surface area (TPSA) is 46.5 Å². The van der Waals surface area contributed by atoms with E-state index in [0.29, 0.717) is 5.75 Å². The first kappa shape index (κ1) is 12.8. The molecule has 0 spiro atoms. The Hall–Kier alpha value is -1.29. The molecule has 1 aromatic rings. The second-order valence-electron chi connectivity index (χ2n) is 4.97. The van der Waals surface area contributed by atoms with Crippen LogP contribution in [0.3, 0.4) is 0 Å². The van der Waals surface area contributed by atoms with Gasteiger partial charge in [0.15, 0.2) is 0 Å². The van der Waals surface area contributed by atoms with E-state index in [1.807, 2.05) is 32.6 Å². The number of carboxylic acid groups (broad SMARTS) is 1. The van der Waals surface area contributed by atoms with E-state index in [0.717, 1.165) is 11.1 Å². The molecular weight excluding hydrogens is 220 g/mol. The highest BCUT2D eigenvalue weighted by molar-refractivity contribution is 6.70. The molecule has 0 amide bonds. The van der Waals surface area contributed by atoms with Crippen LogP contribution in [0.5, 0.6) is 5.75 Å². The molecule has 0 aliphatic heterocycles. The molecule has 3 nitrogen and oxygen atoms in total. The molecule has 4 heteroatoms. The summed E-state index contributed by atoms with van der Waals surface area (Å²) in [5.74, 6) is -0.421. The zero-order valence-corrected chi connectivity index (χ0v) is 11.4. The average molecular weight is 238 g/mol. The van der Waals surface area contributed by atoms with Crippen molar-refractivity contribution in [2.45, 2.75) is 33.5 Å². The number of carboxylic acids is 1. The highest BCUT2D eigenvalue weighted by atomic mass is 28.4. The van der Waals surface area contributed by atoms with Crippen molar-refractivity contribution in [1.82, 2.24) is 0 Å². The molecule has 0 aliphatic rings. The number of hydrogen-bond acceptors (Lipinski definition) is 2. The van der Waals surface area contributed by atoms with E-state index in [1.54, 1.807) is 13.0 Å². The van der Waals surface area contributed by atoms with E-state index >= 15 is 0 Å². The maximum absolute atomic E-state index is 11.2. The van der Waals surface area contributed by atoms with E-state index in [1.165, 1.54) is 0 Å². The van der Waals surface area contributed by atoms with Crippen molar-refractivity contribution >= 4 is 14.3 Å². The van der Waals surface area contributed by atoms with Crippen LogP contribution in [-0.4, -0.2) is 19.4 Å². The highest BCUT2D eigenvalue weighted by Crippen LogP contribution is 2.26. The van der Waals surface area contributed by atoms with E-state index in [2.05, 4.69) is 0 Å². The second kappa shape index (κ2) is 4.29. The monoisotopic (exact) mass is 238 g/mol. The fourth-order valence-corrected chi connectivity index (χ4v) is 2.43. The van der Waals surface area contributed by atoms with Gasteiger partial charge in [0, 0.05) is 0 Å². The minimum Gasteiger partial charge on any atom is -0.544 e. The van der Waals surface area contributed by atoms with Crippen LogP contribution in [0.1, 0.15) is 21.5 Å². The minimum absolute atomic E-state index is 0.285. The van der Waals surface area contributed by atoms with Crippen molar-refractivity contribution in [3.63, 3.8) is 0 Å². The predicted octanol–water partition coefficient (Wildman–Crippen LogP) is 3.22. The van der Waals surface area contributed by atoms with Gasteiger partial charge in [-0.25, -0.2) is 4.79 Å². The number of rotatable bonds is 3. The van der Waals surface area contributed by atoms with Crippen LogP contribution in [0.25, 0.3) is 0 Å². The number of benzene rings is 1. The Labute approximate surface area is 97.2 Å². The van der Waals surface area contributed by atoms with Crippen molar-refractivity contribution < 1.29 is 14.3 Å². The summed E-state index contributed by atoms with van der Waals surface area (Å²) in [4.78, 5) is 11.2. The quantitative estimate of drug-likeness (QED) is 0.822. The molecule has 0 radical (unpaired) electrons. The number of carbonyl (C=O) groups is 1. The molecule has 0 aliphatic carbocycles. The second-order valence-corrected chi connectivity index (χ2v) is 9.40. The number of aromatic carboxylic acids is 1. The molecule has 0 heterocycles. The molecule has 0 atom stereocenters. The van der Waals surface area contributed by atoms with Gasteiger partial charge in [-0.2, -0.15) is 0 Å². The zero-order valence-electron chi connectivity index (χ0n) is 10.4. The third kappa shape index (κ3) is 3.10. The highest BCUT2D eigenvalue weighted by Gasteiger charge is 2.22. The lowest BCUT2D eigenvalue weighted by molar-refractivity contribution is 0.0694. The van der Waals surface area contributed by atoms with Crippen molar-refractivity contribution in [2.75, 3.05) is 0 Å². The summed E-state index contributed by atoms with van der Waals surface area (Å²) in [6.45, 7) is 9.85. The molecule has 0 fully saturated rings. The molecule has 0 unspecified atom stereocenters. The Morgan fingerprint density at radius 2 is 1.81 bits per heavy atom. The Morgan fingerprint density at radius 1 is 1.25 bits per heavy atom. The number of hydrogen-bond donors (Lipinski definition) is 1. The third-order valence-corrected chi connectivity index (χ3v) is 2.91. The van der Waals surface area contributed by atoms with Crippen molar-refractivity contribution in [1.29, 1.82) is 0 Å².